The van der Waals surface area contributed by atoms with Crippen LogP contribution in [0.2, 0.25) is 0 Å². The Morgan fingerprint density at radius 1 is 1.38 bits per heavy atom. The van der Waals surface area contributed by atoms with Gasteiger partial charge in [0.15, 0.2) is 0 Å². The average molecular weight is 182 g/mol. The third-order valence-electron chi connectivity index (χ3n) is 2.82. The van der Waals surface area contributed by atoms with Crippen LogP contribution in [-0.4, -0.2) is 6.29 Å². The summed E-state index contributed by atoms with van der Waals surface area (Å²) in [5, 5.41) is 0. The molecule has 0 radical (unpaired) electrons. The Kier molecular flexibility index (Phi) is 4.97. The van der Waals surface area contributed by atoms with Gasteiger partial charge >= 0.3 is 0 Å². The van der Waals surface area contributed by atoms with Crippen molar-refractivity contribution in [3.8, 4) is 0 Å². The van der Waals surface area contributed by atoms with Crippen LogP contribution in [-0.2, 0) is 4.79 Å². The van der Waals surface area contributed by atoms with E-state index in [1.165, 1.54) is 5.57 Å². The van der Waals surface area contributed by atoms with Gasteiger partial charge in [-0.05, 0) is 31.6 Å². The first kappa shape index (κ1) is 12.4. The largest absolute Gasteiger partial charge is 0.303 e. The highest BCUT2D eigenvalue weighted by molar-refractivity contribution is 5.49. The number of hydrogen-bond acceptors (Lipinski definition) is 1. The quantitative estimate of drug-likeness (QED) is 0.469. The molecule has 0 aliphatic carbocycles. The standard InChI is InChI=1S/C12H22O/c1-10(2)6-8-12(4,5)11(3)7-9-13/h6,9,11H,7-8H2,1-5H3. The van der Waals surface area contributed by atoms with Crippen molar-refractivity contribution < 1.29 is 4.79 Å². The molecule has 1 unspecified atom stereocenters. The molecule has 0 aliphatic heterocycles. The molecule has 0 fully saturated rings. The van der Waals surface area contributed by atoms with Crippen molar-refractivity contribution in [3.63, 3.8) is 0 Å². The van der Waals surface area contributed by atoms with Gasteiger partial charge in [0.25, 0.3) is 0 Å². The normalized spacial score (nSPS) is 13.6. The van der Waals surface area contributed by atoms with E-state index in [1.807, 2.05) is 0 Å². The van der Waals surface area contributed by atoms with Crippen LogP contribution in [0.25, 0.3) is 0 Å². The fourth-order valence-corrected chi connectivity index (χ4v) is 1.13. The molecular weight excluding hydrogens is 160 g/mol. The van der Waals surface area contributed by atoms with E-state index in [1.54, 1.807) is 0 Å². The van der Waals surface area contributed by atoms with E-state index in [4.69, 9.17) is 0 Å². The van der Waals surface area contributed by atoms with Gasteiger partial charge in [0.2, 0.25) is 0 Å². The molecular formula is C12H22O. The molecule has 0 aromatic rings. The second kappa shape index (κ2) is 5.21. The molecule has 0 heterocycles. The summed E-state index contributed by atoms with van der Waals surface area (Å²) in [6.45, 7) is 10.8. The zero-order chi connectivity index (χ0) is 10.5. The minimum absolute atomic E-state index is 0.234. The van der Waals surface area contributed by atoms with Crippen LogP contribution in [0.5, 0.6) is 0 Å². The molecule has 0 N–H and O–H groups in total. The summed E-state index contributed by atoms with van der Waals surface area (Å²) in [6, 6.07) is 0. The van der Waals surface area contributed by atoms with Gasteiger partial charge in [-0.3, -0.25) is 0 Å². The summed E-state index contributed by atoms with van der Waals surface area (Å²) in [5.41, 5.74) is 1.59. The third kappa shape index (κ3) is 4.87. The first-order valence-electron chi connectivity index (χ1n) is 4.97. The van der Waals surface area contributed by atoms with Gasteiger partial charge in [-0.1, -0.05) is 32.4 Å². The van der Waals surface area contributed by atoms with E-state index in [0.29, 0.717) is 12.3 Å². The fourth-order valence-electron chi connectivity index (χ4n) is 1.13. The molecule has 0 aliphatic rings. The SMILES string of the molecule is CC(C)=CCC(C)(C)C(C)CC=O. The van der Waals surface area contributed by atoms with Crippen LogP contribution >= 0.6 is 0 Å². The zero-order valence-corrected chi connectivity index (χ0v) is 9.55. The van der Waals surface area contributed by atoms with Crippen LogP contribution in [0.4, 0.5) is 0 Å². The molecule has 0 bridgehead atoms. The van der Waals surface area contributed by atoms with Crippen LogP contribution in [0.1, 0.15) is 47.5 Å². The maximum Gasteiger partial charge on any atom is 0.120 e. The Bertz CT molecular complexity index is 185. The molecule has 76 valence electrons. The van der Waals surface area contributed by atoms with Crippen LogP contribution in [0, 0.1) is 11.3 Å². The Morgan fingerprint density at radius 3 is 2.31 bits per heavy atom. The molecule has 0 saturated carbocycles. The van der Waals surface area contributed by atoms with Crippen LogP contribution in [0.15, 0.2) is 11.6 Å². The maximum atomic E-state index is 10.4. The van der Waals surface area contributed by atoms with Crippen molar-refractivity contribution in [1.29, 1.82) is 0 Å². The zero-order valence-electron chi connectivity index (χ0n) is 9.55. The highest BCUT2D eigenvalue weighted by atomic mass is 16.1. The van der Waals surface area contributed by atoms with Gasteiger partial charge in [0.1, 0.15) is 6.29 Å². The van der Waals surface area contributed by atoms with Gasteiger partial charge in [0.05, 0.1) is 0 Å². The number of aldehydes is 1. The summed E-state index contributed by atoms with van der Waals surface area (Å²) in [4.78, 5) is 10.4. The monoisotopic (exact) mass is 182 g/mol. The van der Waals surface area contributed by atoms with E-state index in [0.717, 1.165) is 12.7 Å². The maximum absolute atomic E-state index is 10.4. The highest BCUT2D eigenvalue weighted by Crippen LogP contribution is 2.32. The summed E-state index contributed by atoms with van der Waals surface area (Å²) >= 11 is 0. The molecule has 1 heteroatoms. The summed E-state index contributed by atoms with van der Waals surface area (Å²) in [6.07, 6.45) is 5.00. The van der Waals surface area contributed by atoms with E-state index in [9.17, 15) is 4.79 Å². The van der Waals surface area contributed by atoms with Gasteiger partial charge in [-0.15, -0.1) is 0 Å². The van der Waals surface area contributed by atoms with Crippen LogP contribution in [0.3, 0.4) is 0 Å². The van der Waals surface area contributed by atoms with Crippen molar-refractivity contribution in [3.05, 3.63) is 11.6 Å². The highest BCUT2D eigenvalue weighted by Gasteiger charge is 2.23. The van der Waals surface area contributed by atoms with E-state index in [-0.39, 0.29) is 5.41 Å². The molecule has 0 rings (SSSR count). The minimum atomic E-state index is 0.234. The van der Waals surface area contributed by atoms with Gasteiger partial charge in [0, 0.05) is 6.42 Å². The lowest BCUT2D eigenvalue weighted by molar-refractivity contribution is -0.109. The predicted octanol–water partition coefficient (Wildman–Crippen LogP) is 3.59. The lowest BCUT2D eigenvalue weighted by Crippen LogP contribution is -2.21. The van der Waals surface area contributed by atoms with E-state index < -0.39 is 0 Å². The average Bonchev–Trinajstić information content (AvgIpc) is 2.01. The van der Waals surface area contributed by atoms with Gasteiger partial charge in [-0.25, -0.2) is 0 Å². The second-order valence-electron chi connectivity index (χ2n) is 4.78. The van der Waals surface area contributed by atoms with Crippen molar-refractivity contribution in [2.45, 2.75) is 47.5 Å². The lowest BCUT2D eigenvalue weighted by atomic mass is 9.75. The Labute approximate surface area is 82.2 Å². The molecule has 1 atom stereocenters. The lowest BCUT2D eigenvalue weighted by Gasteiger charge is -2.29. The van der Waals surface area contributed by atoms with Crippen molar-refractivity contribution in [2.24, 2.45) is 11.3 Å². The van der Waals surface area contributed by atoms with Gasteiger partial charge < -0.3 is 4.79 Å². The topological polar surface area (TPSA) is 17.1 Å². The fraction of sp³-hybridized carbons (Fsp3) is 0.750. The molecule has 13 heavy (non-hydrogen) atoms. The number of carbonyl (C=O) groups excluding carboxylic acids is 1. The third-order valence-corrected chi connectivity index (χ3v) is 2.82. The van der Waals surface area contributed by atoms with Crippen molar-refractivity contribution in [2.75, 3.05) is 0 Å². The summed E-state index contributed by atoms with van der Waals surface area (Å²) < 4.78 is 0. The molecule has 0 aromatic heterocycles. The number of rotatable bonds is 5. The number of carbonyl (C=O) groups is 1. The van der Waals surface area contributed by atoms with Crippen molar-refractivity contribution >= 4 is 6.29 Å². The van der Waals surface area contributed by atoms with E-state index >= 15 is 0 Å². The van der Waals surface area contributed by atoms with Crippen molar-refractivity contribution in [1.82, 2.24) is 0 Å². The minimum Gasteiger partial charge on any atom is -0.303 e. The summed E-state index contributed by atoms with van der Waals surface area (Å²) in [5.74, 6) is 0.459. The molecule has 1 nitrogen and oxygen atoms in total. The Balaban J connectivity index is 4.20. The molecule has 0 amide bonds. The first-order chi connectivity index (χ1) is 5.90. The van der Waals surface area contributed by atoms with E-state index in [2.05, 4.69) is 40.7 Å². The first-order valence-corrected chi connectivity index (χ1v) is 4.97. The second-order valence-corrected chi connectivity index (χ2v) is 4.78. The Morgan fingerprint density at radius 2 is 1.92 bits per heavy atom. The van der Waals surface area contributed by atoms with Crippen LogP contribution < -0.4 is 0 Å². The number of hydrogen-bond donors (Lipinski definition) is 0. The molecule has 0 saturated heterocycles. The molecule has 0 aromatic carbocycles. The smallest absolute Gasteiger partial charge is 0.120 e. The summed E-state index contributed by atoms with van der Waals surface area (Å²) in [7, 11) is 0. The number of allylic oxidation sites excluding steroid dienone is 2. The predicted molar refractivity (Wildman–Crippen MR) is 57.7 cm³/mol. The Hall–Kier alpha value is -0.590. The molecule has 0 spiro atoms. The van der Waals surface area contributed by atoms with Gasteiger partial charge in [-0.2, -0.15) is 0 Å².